The summed E-state index contributed by atoms with van der Waals surface area (Å²) in [6.07, 6.45) is 4.25. The van der Waals surface area contributed by atoms with Crippen LogP contribution in [0.15, 0.2) is 12.4 Å². The number of hydrogen-bond donors (Lipinski definition) is 1. The summed E-state index contributed by atoms with van der Waals surface area (Å²) in [5.74, 6) is 1.29. The summed E-state index contributed by atoms with van der Waals surface area (Å²) in [7, 11) is 0. The van der Waals surface area contributed by atoms with Crippen LogP contribution in [0.2, 0.25) is 0 Å². The zero-order valence-corrected chi connectivity index (χ0v) is 15.3. The molecule has 1 aromatic rings. The maximum atomic E-state index is 12.0. The number of alkyl carbamates (subject to hydrolysis) is 1. The zero-order valence-electron chi connectivity index (χ0n) is 15.3. The lowest BCUT2D eigenvalue weighted by atomic mass is 10.0. The van der Waals surface area contributed by atoms with Gasteiger partial charge in [0.1, 0.15) is 17.7 Å². The average Bonchev–Trinajstić information content (AvgIpc) is 3.08. The number of hydrogen-bond acceptors (Lipinski definition) is 6. The van der Waals surface area contributed by atoms with E-state index in [0.29, 0.717) is 5.92 Å². The number of amides is 1. The van der Waals surface area contributed by atoms with Crippen LogP contribution in [0.1, 0.15) is 51.6 Å². The topological polar surface area (TPSA) is 76.6 Å². The fourth-order valence-corrected chi connectivity index (χ4v) is 3.30. The predicted octanol–water partition coefficient (Wildman–Crippen LogP) is 2.47. The molecule has 7 heteroatoms. The van der Waals surface area contributed by atoms with E-state index in [0.717, 1.165) is 57.1 Å². The highest BCUT2D eigenvalue weighted by Crippen LogP contribution is 2.26. The maximum absolute atomic E-state index is 12.0. The van der Waals surface area contributed by atoms with E-state index in [1.807, 2.05) is 20.8 Å². The van der Waals surface area contributed by atoms with Crippen molar-refractivity contribution in [1.82, 2.24) is 15.3 Å². The van der Waals surface area contributed by atoms with Crippen molar-refractivity contribution in [3.63, 3.8) is 0 Å². The molecule has 1 aromatic heterocycles. The van der Waals surface area contributed by atoms with Gasteiger partial charge in [0.25, 0.3) is 0 Å². The van der Waals surface area contributed by atoms with E-state index >= 15 is 0 Å². The van der Waals surface area contributed by atoms with E-state index in [2.05, 4.69) is 26.3 Å². The molecule has 0 aromatic carbocycles. The number of rotatable bonds is 3. The molecule has 2 atom stereocenters. The number of carbonyl (C=O) groups is 1. The Balaban J connectivity index is 1.61. The summed E-state index contributed by atoms with van der Waals surface area (Å²) < 4.78 is 10.8. The molecule has 0 spiro atoms. The molecule has 1 N–H and O–H groups in total. The van der Waals surface area contributed by atoms with Crippen LogP contribution in [0.4, 0.5) is 10.6 Å². The first kappa shape index (κ1) is 17.9. The Morgan fingerprint density at radius 2 is 2.20 bits per heavy atom. The first-order valence-electron chi connectivity index (χ1n) is 9.05. The van der Waals surface area contributed by atoms with Crippen molar-refractivity contribution >= 4 is 11.9 Å². The number of anilines is 1. The summed E-state index contributed by atoms with van der Waals surface area (Å²) in [5.41, 5.74) is 0.563. The molecule has 2 fully saturated rings. The predicted molar refractivity (Wildman–Crippen MR) is 94.8 cm³/mol. The minimum atomic E-state index is -0.483. The van der Waals surface area contributed by atoms with Gasteiger partial charge in [0, 0.05) is 37.7 Å². The Morgan fingerprint density at radius 1 is 1.36 bits per heavy atom. The van der Waals surface area contributed by atoms with E-state index in [9.17, 15) is 4.79 Å². The van der Waals surface area contributed by atoms with Crippen molar-refractivity contribution in [3.8, 4) is 0 Å². The monoisotopic (exact) mass is 348 g/mol. The van der Waals surface area contributed by atoms with Crippen LogP contribution in [0.5, 0.6) is 0 Å². The van der Waals surface area contributed by atoms with Gasteiger partial charge in [-0.25, -0.2) is 14.8 Å². The second-order valence-corrected chi connectivity index (χ2v) is 7.79. The zero-order chi connectivity index (χ0) is 17.9. The van der Waals surface area contributed by atoms with Crippen LogP contribution < -0.4 is 10.2 Å². The standard InChI is InChI=1S/C18H28N4O3/c1-18(2,3)25-17(23)21-14-5-4-7-22(10-14)16-9-15(19-12-20-16)13-6-8-24-11-13/h9,12-14H,4-8,10-11H2,1-3H3,(H,21,23). The van der Waals surface area contributed by atoms with Crippen molar-refractivity contribution in [2.45, 2.75) is 57.6 Å². The molecule has 0 aliphatic carbocycles. The smallest absolute Gasteiger partial charge is 0.407 e. The lowest BCUT2D eigenvalue weighted by Crippen LogP contribution is -2.49. The van der Waals surface area contributed by atoms with Gasteiger partial charge in [0.05, 0.1) is 12.3 Å². The van der Waals surface area contributed by atoms with Crippen LogP contribution in [-0.2, 0) is 9.47 Å². The fraction of sp³-hybridized carbons (Fsp3) is 0.722. The summed E-state index contributed by atoms with van der Waals surface area (Å²) in [6.45, 7) is 8.81. The van der Waals surface area contributed by atoms with Crippen LogP contribution in [0.3, 0.4) is 0 Å². The Kier molecular flexibility index (Phi) is 5.42. The van der Waals surface area contributed by atoms with Crippen LogP contribution >= 0.6 is 0 Å². The van der Waals surface area contributed by atoms with Crippen LogP contribution in [0.25, 0.3) is 0 Å². The molecule has 0 bridgehead atoms. The number of ether oxygens (including phenoxy) is 2. The van der Waals surface area contributed by atoms with E-state index in [1.54, 1.807) is 6.33 Å². The van der Waals surface area contributed by atoms with E-state index in [4.69, 9.17) is 9.47 Å². The van der Waals surface area contributed by atoms with Gasteiger partial charge in [-0.05, 0) is 40.0 Å². The molecular formula is C18H28N4O3. The molecule has 7 nitrogen and oxygen atoms in total. The molecule has 138 valence electrons. The third-order valence-corrected chi connectivity index (χ3v) is 4.49. The van der Waals surface area contributed by atoms with Gasteiger partial charge in [-0.15, -0.1) is 0 Å². The maximum Gasteiger partial charge on any atom is 0.407 e. The number of piperidine rings is 1. The van der Waals surface area contributed by atoms with Gasteiger partial charge in [-0.2, -0.15) is 0 Å². The van der Waals surface area contributed by atoms with Crippen molar-refractivity contribution in [2.24, 2.45) is 0 Å². The Labute approximate surface area is 149 Å². The van der Waals surface area contributed by atoms with E-state index in [1.165, 1.54) is 0 Å². The molecular weight excluding hydrogens is 320 g/mol. The molecule has 2 aliphatic heterocycles. The summed E-state index contributed by atoms with van der Waals surface area (Å²) >= 11 is 0. The van der Waals surface area contributed by atoms with Gasteiger partial charge >= 0.3 is 6.09 Å². The van der Waals surface area contributed by atoms with Crippen LogP contribution in [0, 0.1) is 0 Å². The highest BCUT2D eigenvalue weighted by atomic mass is 16.6. The number of nitrogens with zero attached hydrogens (tertiary/aromatic N) is 3. The highest BCUT2D eigenvalue weighted by molar-refractivity contribution is 5.68. The largest absolute Gasteiger partial charge is 0.444 e. The second-order valence-electron chi connectivity index (χ2n) is 7.79. The Morgan fingerprint density at radius 3 is 2.92 bits per heavy atom. The van der Waals surface area contributed by atoms with Crippen molar-refractivity contribution < 1.29 is 14.3 Å². The minimum absolute atomic E-state index is 0.0665. The first-order chi connectivity index (χ1) is 11.9. The quantitative estimate of drug-likeness (QED) is 0.904. The van der Waals surface area contributed by atoms with Crippen molar-refractivity contribution in [2.75, 3.05) is 31.2 Å². The molecule has 0 saturated carbocycles. The van der Waals surface area contributed by atoms with Crippen molar-refractivity contribution in [1.29, 1.82) is 0 Å². The molecule has 2 unspecified atom stereocenters. The Bertz CT molecular complexity index is 596. The highest BCUT2D eigenvalue weighted by Gasteiger charge is 2.26. The molecule has 2 aliphatic rings. The second kappa shape index (κ2) is 7.56. The first-order valence-corrected chi connectivity index (χ1v) is 9.05. The minimum Gasteiger partial charge on any atom is -0.444 e. The molecule has 25 heavy (non-hydrogen) atoms. The molecule has 2 saturated heterocycles. The van der Waals surface area contributed by atoms with E-state index < -0.39 is 5.60 Å². The molecule has 3 heterocycles. The SMILES string of the molecule is CC(C)(C)OC(=O)NC1CCCN(c2cc(C3CCOC3)ncn2)C1. The summed E-state index contributed by atoms with van der Waals surface area (Å²) in [5, 5.41) is 2.98. The molecule has 0 radical (unpaired) electrons. The van der Waals surface area contributed by atoms with Gasteiger partial charge in [-0.3, -0.25) is 0 Å². The number of carbonyl (C=O) groups excluding carboxylic acids is 1. The third-order valence-electron chi connectivity index (χ3n) is 4.49. The lowest BCUT2D eigenvalue weighted by Gasteiger charge is -2.34. The number of aromatic nitrogens is 2. The van der Waals surface area contributed by atoms with Gasteiger partial charge < -0.3 is 19.7 Å². The fourth-order valence-electron chi connectivity index (χ4n) is 3.30. The Hall–Kier alpha value is -1.89. The van der Waals surface area contributed by atoms with Gasteiger partial charge in [-0.1, -0.05) is 0 Å². The normalized spacial score (nSPS) is 24.2. The summed E-state index contributed by atoms with van der Waals surface area (Å²) in [6, 6.07) is 2.13. The van der Waals surface area contributed by atoms with Crippen LogP contribution in [-0.4, -0.2) is 54.0 Å². The third kappa shape index (κ3) is 5.04. The van der Waals surface area contributed by atoms with E-state index in [-0.39, 0.29) is 12.1 Å². The molecule has 3 rings (SSSR count). The van der Waals surface area contributed by atoms with Gasteiger partial charge in [0.15, 0.2) is 0 Å². The lowest BCUT2D eigenvalue weighted by molar-refractivity contribution is 0.0500. The summed E-state index contributed by atoms with van der Waals surface area (Å²) in [4.78, 5) is 23.1. The van der Waals surface area contributed by atoms with Crippen molar-refractivity contribution in [3.05, 3.63) is 18.1 Å². The molecule has 1 amide bonds. The number of nitrogens with one attached hydrogen (secondary N) is 1. The average molecular weight is 348 g/mol. The van der Waals surface area contributed by atoms with Gasteiger partial charge in [0.2, 0.25) is 0 Å².